The molecule has 0 radical (unpaired) electrons. The third-order valence-electron chi connectivity index (χ3n) is 2.76. The number of ether oxygens (including phenoxy) is 1. The van der Waals surface area contributed by atoms with E-state index in [4.69, 9.17) is 4.74 Å². The first-order valence-corrected chi connectivity index (χ1v) is 6.39. The van der Waals surface area contributed by atoms with Crippen molar-refractivity contribution in [1.29, 1.82) is 0 Å². The lowest BCUT2D eigenvalue weighted by atomic mass is 10.1. The van der Waals surface area contributed by atoms with E-state index in [0.29, 0.717) is 6.04 Å². The fourth-order valence-corrected chi connectivity index (χ4v) is 2.06. The zero-order chi connectivity index (χ0) is 11.4. The number of morpholine rings is 1. The van der Waals surface area contributed by atoms with Crippen molar-refractivity contribution >= 4 is 15.9 Å². The number of hydrogen-bond donors (Lipinski definition) is 1. The van der Waals surface area contributed by atoms with Crippen LogP contribution in [0.1, 0.15) is 18.5 Å². The Bertz CT molecular complexity index is 322. The Morgan fingerprint density at radius 2 is 1.88 bits per heavy atom. The van der Waals surface area contributed by atoms with Crippen LogP contribution in [0.2, 0.25) is 0 Å². The van der Waals surface area contributed by atoms with Crippen molar-refractivity contribution in [2.75, 3.05) is 26.3 Å². The number of benzene rings is 1. The minimum atomic E-state index is 0.339. The minimum Gasteiger partial charge on any atom is -0.379 e. The van der Waals surface area contributed by atoms with Gasteiger partial charge < -0.3 is 4.74 Å². The smallest absolute Gasteiger partial charge is 0.0608 e. The molecule has 1 aromatic rings. The predicted molar refractivity (Wildman–Crippen MR) is 68.1 cm³/mol. The van der Waals surface area contributed by atoms with E-state index in [1.54, 1.807) is 0 Å². The molecule has 1 fully saturated rings. The molecule has 0 spiro atoms. The van der Waals surface area contributed by atoms with Crippen LogP contribution in [0.3, 0.4) is 0 Å². The highest BCUT2D eigenvalue weighted by molar-refractivity contribution is 9.10. The van der Waals surface area contributed by atoms with Gasteiger partial charge in [-0.25, -0.2) is 10.4 Å². The molecule has 88 valence electrons. The number of hydrogen-bond acceptors (Lipinski definition) is 3. The number of nitrogens with one attached hydrogen (secondary N) is 1. The second kappa shape index (κ2) is 5.77. The van der Waals surface area contributed by atoms with Crippen molar-refractivity contribution < 1.29 is 4.74 Å². The zero-order valence-electron chi connectivity index (χ0n) is 9.45. The van der Waals surface area contributed by atoms with E-state index < -0.39 is 0 Å². The fraction of sp³-hybridized carbons (Fsp3) is 0.500. The molecule has 1 aliphatic rings. The van der Waals surface area contributed by atoms with E-state index in [0.717, 1.165) is 30.8 Å². The highest BCUT2D eigenvalue weighted by Crippen LogP contribution is 2.16. The van der Waals surface area contributed by atoms with Crippen molar-refractivity contribution in [3.63, 3.8) is 0 Å². The molecule has 1 heterocycles. The summed E-state index contributed by atoms with van der Waals surface area (Å²) in [5.74, 6) is 0. The number of halogens is 1. The van der Waals surface area contributed by atoms with Gasteiger partial charge in [0.15, 0.2) is 0 Å². The molecule has 4 heteroatoms. The van der Waals surface area contributed by atoms with E-state index >= 15 is 0 Å². The Balaban J connectivity index is 1.91. The molecular formula is C12H17BrN2O. The monoisotopic (exact) mass is 284 g/mol. The molecule has 2 rings (SSSR count). The van der Waals surface area contributed by atoms with Crippen LogP contribution in [0.4, 0.5) is 0 Å². The minimum absolute atomic E-state index is 0.339. The molecule has 1 unspecified atom stereocenters. The summed E-state index contributed by atoms with van der Waals surface area (Å²) in [7, 11) is 0. The molecule has 1 atom stereocenters. The lowest BCUT2D eigenvalue weighted by molar-refractivity contribution is 0.00484. The summed E-state index contributed by atoms with van der Waals surface area (Å²) in [5.41, 5.74) is 4.79. The normalized spacial score (nSPS) is 19.6. The topological polar surface area (TPSA) is 24.5 Å². The second-order valence-electron chi connectivity index (χ2n) is 4.00. The van der Waals surface area contributed by atoms with Crippen LogP contribution in [-0.4, -0.2) is 31.3 Å². The molecule has 0 amide bonds. The Labute approximate surface area is 105 Å². The van der Waals surface area contributed by atoms with Gasteiger partial charge in [-0.3, -0.25) is 0 Å². The van der Waals surface area contributed by atoms with E-state index in [2.05, 4.69) is 57.6 Å². The maximum atomic E-state index is 5.31. The number of hydrazine groups is 1. The SMILES string of the molecule is CC(NN1CCOCC1)c1ccc(Br)cc1. The molecule has 3 nitrogen and oxygen atoms in total. The van der Waals surface area contributed by atoms with Gasteiger partial charge in [-0.1, -0.05) is 28.1 Å². The van der Waals surface area contributed by atoms with Crippen molar-refractivity contribution in [1.82, 2.24) is 10.4 Å². The molecule has 0 saturated carbocycles. The van der Waals surface area contributed by atoms with Crippen molar-refractivity contribution in [2.45, 2.75) is 13.0 Å². The third kappa shape index (κ3) is 3.28. The van der Waals surface area contributed by atoms with Gasteiger partial charge in [0.05, 0.1) is 13.2 Å². The van der Waals surface area contributed by atoms with Gasteiger partial charge in [0, 0.05) is 23.6 Å². The van der Waals surface area contributed by atoms with E-state index in [-0.39, 0.29) is 0 Å². The Morgan fingerprint density at radius 1 is 1.25 bits per heavy atom. The van der Waals surface area contributed by atoms with E-state index in [1.807, 2.05) is 0 Å². The van der Waals surface area contributed by atoms with Gasteiger partial charge in [-0.05, 0) is 24.6 Å². The first-order valence-electron chi connectivity index (χ1n) is 5.60. The summed E-state index contributed by atoms with van der Waals surface area (Å²) in [6.07, 6.45) is 0. The lowest BCUT2D eigenvalue weighted by Crippen LogP contribution is -2.46. The highest BCUT2D eigenvalue weighted by Gasteiger charge is 2.13. The molecular weight excluding hydrogens is 268 g/mol. The highest BCUT2D eigenvalue weighted by atomic mass is 79.9. The first kappa shape index (κ1) is 12.0. The average Bonchev–Trinajstić information content (AvgIpc) is 2.31. The molecule has 1 saturated heterocycles. The van der Waals surface area contributed by atoms with Crippen molar-refractivity contribution in [3.05, 3.63) is 34.3 Å². The van der Waals surface area contributed by atoms with Gasteiger partial charge in [0.25, 0.3) is 0 Å². The molecule has 0 aromatic heterocycles. The molecule has 16 heavy (non-hydrogen) atoms. The molecule has 0 aliphatic carbocycles. The summed E-state index contributed by atoms with van der Waals surface area (Å²) < 4.78 is 6.44. The van der Waals surface area contributed by atoms with Crippen LogP contribution in [0.5, 0.6) is 0 Å². The maximum Gasteiger partial charge on any atom is 0.0608 e. The zero-order valence-corrected chi connectivity index (χ0v) is 11.0. The van der Waals surface area contributed by atoms with Gasteiger partial charge >= 0.3 is 0 Å². The maximum absolute atomic E-state index is 5.31. The van der Waals surface area contributed by atoms with Crippen LogP contribution in [0.25, 0.3) is 0 Å². The predicted octanol–water partition coefficient (Wildman–Crippen LogP) is 2.35. The lowest BCUT2D eigenvalue weighted by Gasteiger charge is -2.30. The van der Waals surface area contributed by atoms with Crippen LogP contribution in [0.15, 0.2) is 28.7 Å². The van der Waals surface area contributed by atoms with Gasteiger partial charge in [-0.15, -0.1) is 0 Å². The molecule has 0 bridgehead atoms. The molecule has 1 N–H and O–H groups in total. The first-order chi connectivity index (χ1) is 7.75. The Morgan fingerprint density at radius 3 is 2.50 bits per heavy atom. The average molecular weight is 285 g/mol. The number of rotatable bonds is 3. The summed E-state index contributed by atoms with van der Waals surface area (Å²) in [5, 5.41) is 2.23. The van der Waals surface area contributed by atoms with Crippen molar-refractivity contribution in [2.24, 2.45) is 0 Å². The summed E-state index contributed by atoms with van der Waals surface area (Å²) in [4.78, 5) is 0. The second-order valence-corrected chi connectivity index (χ2v) is 4.92. The summed E-state index contributed by atoms with van der Waals surface area (Å²) >= 11 is 3.45. The molecule has 1 aromatic carbocycles. The van der Waals surface area contributed by atoms with E-state index in [1.165, 1.54) is 5.56 Å². The van der Waals surface area contributed by atoms with Gasteiger partial charge in [-0.2, -0.15) is 0 Å². The van der Waals surface area contributed by atoms with Crippen molar-refractivity contribution in [3.8, 4) is 0 Å². The Kier molecular flexibility index (Phi) is 4.35. The van der Waals surface area contributed by atoms with Crippen LogP contribution < -0.4 is 5.43 Å². The summed E-state index contributed by atoms with van der Waals surface area (Å²) in [6, 6.07) is 8.77. The van der Waals surface area contributed by atoms with E-state index in [9.17, 15) is 0 Å². The van der Waals surface area contributed by atoms with Crippen LogP contribution in [-0.2, 0) is 4.74 Å². The van der Waals surface area contributed by atoms with Crippen LogP contribution in [0, 0.1) is 0 Å². The van der Waals surface area contributed by atoms with Gasteiger partial charge in [0.1, 0.15) is 0 Å². The largest absolute Gasteiger partial charge is 0.379 e. The number of nitrogens with zero attached hydrogens (tertiary/aromatic N) is 1. The fourth-order valence-electron chi connectivity index (χ4n) is 1.79. The van der Waals surface area contributed by atoms with Crippen LogP contribution >= 0.6 is 15.9 Å². The Hall–Kier alpha value is -0.420. The molecule has 1 aliphatic heterocycles. The third-order valence-corrected chi connectivity index (χ3v) is 3.29. The quantitative estimate of drug-likeness (QED) is 0.922. The van der Waals surface area contributed by atoms with Gasteiger partial charge in [0.2, 0.25) is 0 Å². The summed E-state index contributed by atoms with van der Waals surface area (Å²) in [6.45, 7) is 5.74. The standard InChI is InChI=1S/C12H17BrN2O/c1-10(11-2-4-12(13)5-3-11)14-15-6-8-16-9-7-15/h2-5,10,14H,6-9H2,1H3.